The lowest BCUT2D eigenvalue weighted by atomic mass is 9.92. The summed E-state index contributed by atoms with van der Waals surface area (Å²) < 4.78 is 41.4. The Labute approximate surface area is 284 Å². The molecule has 4 atom stereocenters. The van der Waals surface area contributed by atoms with Crippen molar-refractivity contribution in [3.05, 3.63) is 53.0 Å². The molecule has 6 aliphatic heterocycles. The van der Waals surface area contributed by atoms with Crippen LogP contribution in [0.5, 0.6) is 5.88 Å². The van der Waals surface area contributed by atoms with Crippen molar-refractivity contribution in [3.63, 3.8) is 0 Å². The summed E-state index contributed by atoms with van der Waals surface area (Å²) in [6.07, 6.45) is 2.76. The highest BCUT2D eigenvalue weighted by atomic mass is 19.1. The number of hydrogen-bond acceptors (Lipinski definition) is 9. The molecule has 1 aromatic carbocycles. The maximum absolute atomic E-state index is 14.7. The van der Waals surface area contributed by atoms with Gasteiger partial charge in [0.15, 0.2) is 5.83 Å². The predicted molar refractivity (Wildman–Crippen MR) is 178 cm³/mol. The quantitative estimate of drug-likeness (QED) is 0.427. The molecule has 8 rings (SSSR count). The molecule has 0 radical (unpaired) electrons. The lowest BCUT2D eigenvalue weighted by molar-refractivity contribution is -0.133. The molecule has 2 aromatic rings. The molecule has 0 spiro atoms. The molecule has 11 nitrogen and oxygen atoms in total. The van der Waals surface area contributed by atoms with Crippen LogP contribution in [0.15, 0.2) is 30.6 Å². The Morgan fingerprint density at radius 3 is 2.88 bits per heavy atom. The molecular formula is C36H41F2N7O4. The normalized spacial score (nSPS) is 27.6. The van der Waals surface area contributed by atoms with Crippen molar-refractivity contribution in [3.8, 4) is 11.9 Å². The van der Waals surface area contributed by atoms with Gasteiger partial charge >= 0.3 is 0 Å². The molecule has 2 amide bonds. The van der Waals surface area contributed by atoms with Crippen molar-refractivity contribution >= 4 is 28.9 Å². The number of hydrogen-bond donors (Lipinski definition) is 0. The van der Waals surface area contributed by atoms with E-state index in [4.69, 9.17) is 14.5 Å². The van der Waals surface area contributed by atoms with E-state index in [-0.39, 0.29) is 32.0 Å². The number of anilines is 3. The lowest BCUT2D eigenvalue weighted by Crippen LogP contribution is -2.66. The number of ether oxygens (including phenoxy) is 2. The van der Waals surface area contributed by atoms with Gasteiger partial charge in [-0.1, -0.05) is 18.7 Å². The number of pyridine rings is 1. The second-order valence-corrected chi connectivity index (χ2v) is 14.2. The Balaban J connectivity index is 1.22. The molecule has 0 saturated carbocycles. The molecule has 1 aromatic heterocycles. The molecule has 2 unspecified atom stereocenters. The number of carbonyl (C=O) groups excluding carboxylic acids is 2. The fourth-order valence-corrected chi connectivity index (χ4v) is 9.13. The van der Waals surface area contributed by atoms with Gasteiger partial charge < -0.3 is 29.1 Å². The Kier molecular flexibility index (Phi) is 7.99. The Morgan fingerprint density at radius 1 is 1.20 bits per heavy atom. The number of benzene rings is 1. The number of piperazine rings is 1. The molecule has 6 aliphatic rings. The van der Waals surface area contributed by atoms with Gasteiger partial charge in [0.1, 0.15) is 24.5 Å². The van der Waals surface area contributed by atoms with Crippen molar-refractivity contribution in [1.82, 2.24) is 14.8 Å². The average molecular weight is 674 g/mol. The minimum Gasteiger partial charge on any atom is -0.474 e. The van der Waals surface area contributed by atoms with E-state index in [2.05, 4.69) is 40.6 Å². The third kappa shape index (κ3) is 5.22. The number of fused-ring (bicyclic) bond motifs is 7. The van der Waals surface area contributed by atoms with E-state index in [1.807, 2.05) is 4.90 Å². The maximum atomic E-state index is 14.7. The van der Waals surface area contributed by atoms with Gasteiger partial charge in [0, 0.05) is 49.9 Å². The topological polar surface area (TPSA) is 105 Å². The molecule has 0 aliphatic carbocycles. The van der Waals surface area contributed by atoms with Gasteiger partial charge in [-0.15, -0.1) is 0 Å². The van der Waals surface area contributed by atoms with E-state index < -0.39 is 35.5 Å². The number of aromatic nitrogens is 1. The highest BCUT2D eigenvalue weighted by Gasteiger charge is 2.51. The number of carbonyl (C=O) groups is 2. The van der Waals surface area contributed by atoms with Gasteiger partial charge in [0.25, 0.3) is 11.8 Å². The van der Waals surface area contributed by atoms with E-state index in [0.29, 0.717) is 57.3 Å². The van der Waals surface area contributed by atoms with Crippen LogP contribution in [0.25, 0.3) is 0 Å². The summed E-state index contributed by atoms with van der Waals surface area (Å²) in [7, 11) is 1.68. The second kappa shape index (κ2) is 12.2. The highest BCUT2D eigenvalue weighted by Crippen LogP contribution is 2.49. The zero-order valence-electron chi connectivity index (χ0n) is 27.8. The van der Waals surface area contributed by atoms with E-state index >= 15 is 0 Å². The fourth-order valence-electron chi connectivity index (χ4n) is 9.13. The third-order valence-corrected chi connectivity index (χ3v) is 11.5. The number of nitrogens with zero attached hydrogens (tertiary/aromatic N) is 7. The number of alkyl halides is 1. The molecule has 49 heavy (non-hydrogen) atoms. The minimum absolute atomic E-state index is 0.0318. The molecule has 7 heterocycles. The zero-order valence-corrected chi connectivity index (χ0v) is 27.8. The van der Waals surface area contributed by atoms with Gasteiger partial charge in [0.2, 0.25) is 5.88 Å². The van der Waals surface area contributed by atoms with Gasteiger partial charge in [-0.25, -0.2) is 13.8 Å². The fraction of sp³-hybridized carbons (Fsp3) is 0.556. The monoisotopic (exact) mass is 673 g/mol. The van der Waals surface area contributed by atoms with Crippen molar-refractivity contribution in [2.75, 3.05) is 67.7 Å². The zero-order chi connectivity index (χ0) is 34.0. The van der Waals surface area contributed by atoms with Crippen LogP contribution in [0.3, 0.4) is 0 Å². The molecule has 3 saturated heterocycles. The van der Waals surface area contributed by atoms with Crippen LogP contribution in [0.4, 0.5) is 25.8 Å². The average Bonchev–Trinajstić information content (AvgIpc) is 3.63. The maximum Gasteiger partial charge on any atom is 0.282 e. The van der Waals surface area contributed by atoms with Crippen LogP contribution >= 0.6 is 0 Å². The van der Waals surface area contributed by atoms with E-state index in [0.717, 1.165) is 48.4 Å². The molecule has 0 bridgehead atoms. The first-order valence-electron chi connectivity index (χ1n) is 17.3. The third-order valence-electron chi connectivity index (χ3n) is 11.5. The first-order chi connectivity index (χ1) is 23.7. The van der Waals surface area contributed by atoms with Crippen LogP contribution in [-0.4, -0.2) is 103 Å². The molecule has 0 N–H and O–H groups in total. The number of likely N-dealkylation sites (N-methyl/N-ethyl adjacent to an activating group) is 1. The van der Waals surface area contributed by atoms with Gasteiger partial charge in [-0.3, -0.25) is 14.5 Å². The summed E-state index contributed by atoms with van der Waals surface area (Å²) >= 11 is 0. The Morgan fingerprint density at radius 2 is 2.06 bits per heavy atom. The summed E-state index contributed by atoms with van der Waals surface area (Å²) in [6, 6.07) is 7.06. The summed E-state index contributed by atoms with van der Waals surface area (Å²) in [5, 5.41) is 9.69. The summed E-state index contributed by atoms with van der Waals surface area (Å²) in [6.45, 7) is 7.22. The largest absolute Gasteiger partial charge is 0.474 e. The number of rotatable bonds is 6. The van der Waals surface area contributed by atoms with Crippen molar-refractivity contribution in [1.29, 1.82) is 5.26 Å². The molecule has 258 valence electrons. The summed E-state index contributed by atoms with van der Waals surface area (Å²) in [5.74, 6) is -1.99. The summed E-state index contributed by atoms with van der Waals surface area (Å²) in [4.78, 5) is 41.5. The second-order valence-electron chi connectivity index (χ2n) is 14.2. The lowest BCUT2D eigenvalue weighted by Gasteiger charge is -2.51. The Bertz CT molecular complexity index is 1770. The van der Waals surface area contributed by atoms with Crippen LogP contribution in [0.2, 0.25) is 0 Å². The van der Waals surface area contributed by atoms with Crippen LogP contribution in [0, 0.1) is 11.3 Å². The Hall–Kier alpha value is -4.28. The molecular weight excluding hydrogens is 632 g/mol. The minimum atomic E-state index is -1.12. The van der Waals surface area contributed by atoms with E-state index in [1.165, 1.54) is 16.0 Å². The van der Waals surface area contributed by atoms with Crippen molar-refractivity contribution < 1.29 is 27.8 Å². The molecule has 13 heteroatoms. The van der Waals surface area contributed by atoms with Crippen molar-refractivity contribution in [2.24, 2.45) is 0 Å². The first kappa shape index (κ1) is 32.0. The highest BCUT2D eigenvalue weighted by molar-refractivity contribution is 6.08. The van der Waals surface area contributed by atoms with Crippen LogP contribution in [0.1, 0.15) is 48.1 Å². The van der Waals surface area contributed by atoms with E-state index in [9.17, 15) is 23.6 Å². The molecule has 3 fully saturated rings. The number of nitriles is 1. The van der Waals surface area contributed by atoms with Gasteiger partial charge in [-0.2, -0.15) is 5.26 Å². The number of halogens is 2. The van der Waals surface area contributed by atoms with Gasteiger partial charge in [-0.05, 0) is 43.9 Å². The smallest absolute Gasteiger partial charge is 0.282 e. The van der Waals surface area contributed by atoms with Crippen molar-refractivity contribution in [2.45, 2.75) is 75.5 Å². The standard InChI is InChI=1S/C36H41F2N7O4/c1-22(37)34(46)44-19-30-35(47)41(2)32-31(45(30)17-25(44)7-11-39)26-8-13-42(29-6-3-5-23-9-14-48-20-27(23)29)18-28(26)40-33(32)49-21-36-10-4-12-43(36)16-24(38)15-36/h3,5-6,24-25,30H,1,4,7-10,12-21H2,2H3/t24-,25+,30?,36?/m1/s1. The summed E-state index contributed by atoms with van der Waals surface area (Å²) in [5.41, 5.74) is 6.32. The van der Waals surface area contributed by atoms with Crippen LogP contribution in [-0.2, 0) is 40.3 Å². The van der Waals surface area contributed by atoms with E-state index in [1.54, 1.807) is 11.9 Å². The first-order valence-corrected chi connectivity index (χ1v) is 17.3. The number of amides is 2. The predicted octanol–water partition coefficient (Wildman–Crippen LogP) is 3.43. The SMILES string of the molecule is C=C(F)C(=O)N1CC2C(=O)N(C)c3c(OCC45CCCN4C[C@H](F)C5)nc4c(c3N2C[C@@H]1CC#N)CCN(c1cccc2c1COCC2)C4. The van der Waals surface area contributed by atoms with Crippen LogP contribution < -0.4 is 19.4 Å². The van der Waals surface area contributed by atoms with Gasteiger partial charge in [0.05, 0.1) is 61.8 Å².